The molecule has 2 fully saturated rings. The van der Waals surface area contributed by atoms with Crippen molar-refractivity contribution in [2.75, 3.05) is 0 Å². The fraction of sp³-hybridized carbons (Fsp3) is 0.348. The van der Waals surface area contributed by atoms with Crippen LogP contribution in [0.3, 0.4) is 0 Å². The summed E-state index contributed by atoms with van der Waals surface area (Å²) in [6, 6.07) is 5.78. The van der Waals surface area contributed by atoms with E-state index in [1.54, 1.807) is 12.1 Å². The number of carbonyl (C=O) groups excluding carboxylic acids is 6. The number of unbranched alkanes of at least 4 members (excludes halogenated alkanes) is 3. The van der Waals surface area contributed by atoms with Crippen molar-refractivity contribution in [1.29, 1.82) is 0 Å². The van der Waals surface area contributed by atoms with Gasteiger partial charge in [-0.2, -0.15) is 0 Å². The quantitative estimate of drug-likeness (QED) is 0.117. The van der Waals surface area contributed by atoms with Crippen molar-refractivity contribution in [3.8, 4) is 35.2 Å². The van der Waals surface area contributed by atoms with Crippen LogP contribution in [-0.2, 0) is 41.6 Å². The Morgan fingerprint density at radius 2 is 0.968 bits per heavy atom. The minimum atomic E-state index is -2.66. The van der Waals surface area contributed by atoms with Gasteiger partial charge in [0.05, 0.1) is 11.1 Å². The van der Waals surface area contributed by atoms with Crippen molar-refractivity contribution in [2.24, 2.45) is 35.1 Å². The average Bonchev–Trinajstić information content (AvgIpc) is 3.19. The Balaban J connectivity index is 0.963. The van der Waals surface area contributed by atoms with Crippen LogP contribution in [0.15, 0.2) is 58.1 Å². The van der Waals surface area contributed by atoms with E-state index in [0.29, 0.717) is 47.9 Å². The van der Waals surface area contributed by atoms with Gasteiger partial charge < -0.3 is 52.3 Å². The maximum atomic E-state index is 13.7. The second-order valence-electron chi connectivity index (χ2n) is 16.6. The molecule has 2 aromatic rings. The largest absolute Gasteiger partial charge is 0.508 e. The number of primary amides is 2. The van der Waals surface area contributed by atoms with Gasteiger partial charge in [0.25, 0.3) is 11.8 Å². The lowest BCUT2D eigenvalue weighted by atomic mass is 9.59. The summed E-state index contributed by atoms with van der Waals surface area (Å²) in [5.41, 5.74) is 4.77. The van der Waals surface area contributed by atoms with Gasteiger partial charge in [-0.15, -0.1) is 0 Å². The number of Topliss-reactive ketones (excluding diaryl/α,β-unsaturated/α-hetero) is 4. The third kappa shape index (κ3) is 6.01. The SMILES string of the molecule is NC(=O)C1=C(O)[C@@]2(O)C(=O)C3=C(O)c4c(O)ccc(C#CCCCCC#Cc5ccc(O)c6c5C[C@@H]5C[C@@H]7CC(=O)C(C(N)=O)=C(O)[C@@]7(O)C(=O)C5=C6O)c4C[C@H]3C[C@H]2CC1=O. The molecule has 2 aromatic carbocycles. The van der Waals surface area contributed by atoms with E-state index in [9.17, 15) is 69.6 Å². The zero-order chi connectivity index (χ0) is 44.7. The highest BCUT2D eigenvalue weighted by Crippen LogP contribution is 2.54. The maximum absolute atomic E-state index is 13.7. The molecule has 6 aliphatic carbocycles. The molecule has 6 aliphatic rings. The van der Waals surface area contributed by atoms with E-state index in [2.05, 4.69) is 23.7 Å². The minimum Gasteiger partial charge on any atom is -0.508 e. The van der Waals surface area contributed by atoms with Crippen molar-refractivity contribution < 1.29 is 69.6 Å². The summed E-state index contributed by atoms with van der Waals surface area (Å²) in [6.07, 6.45) is 1.50. The van der Waals surface area contributed by atoms with Gasteiger partial charge in [-0.05, 0) is 85.8 Å². The van der Waals surface area contributed by atoms with Gasteiger partial charge >= 0.3 is 0 Å². The van der Waals surface area contributed by atoms with Crippen molar-refractivity contribution >= 4 is 46.5 Å². The second kappa shape index (κ2) is 14.8. The molecule has 2 amide bonds. The lowest BCUT2D eigenvalue weighted by Gasteiger charge is -2.46. The number of nitrogens with two attached hydrogens (primary N) is 2. The van der Waals surface area contributed by atoms with Gasteiger partial charge in [-0.3, -0.25) is 28.8 Å². The highest BCUT2D eigenvalue weighted by molar-refractivity contribution is 6.24. The summed E-state index contributed by atoms with van der Waals surface area (Å²) in [5, 5.41) is 88.7. The number of aliphatic hydroxyl groups is 6. The minimum absolute atomic E-state index is 0.00482. The Morgan fingerprint density at radius 3 is 1.32 bits per heavy atom. The Hall–Kier alpha value is -7.14. The van der Waals surface area contributed by atoms with Gasteiger partial charge in [0, 0.05) is 59.8 Å². The molecule has 0 heterocycles. The molecule has 0 aromatic heterocycles. The first-order chi connectivity index (χ1) is 29.3. The molecule has 0 bridgehead atoms. The van der Waals surface area contributed by atoms with E-state index in [0.717, 1.165) is 0 Å². The molecule has 62 heavy (non-hydrogen) atoms. The summed E-state index contributed by atoms with van der Waals surface area (Å²) in [5.74, 6) is -1.79. The summed E-state index contributed by atoms with van der Waals surface area (Å²) in [4.78, 5) is 76.6. The number of phenolic OH excluding ortho intramolecular Hbond substituents is 2. The van der Waals surface area contributed by atoms with Crippen LogP contribution in [0.4, 0.5) is 0 Å². The van der Waals surface area contributed by atoms with E-state index in [1.165, 1.54) is 12.1 Å². The first-order valence-corrected chi connectivity index (χ1v) is 20.0. The molecule has 2 saturated carbocycles. The van der Waals surface area contributed by atoms with Crippen LogP contribution < -0.4 is 11.5 Å². The molecule has 0 saturated heterocycles. The Labute approximate surface area is 352 Å². The summed E-state index contributed by atoms with van der Waals surface area (Å²) in [7, 11) is 0. The van der Waals surface area contributed by atoms with Crippen LogP contribution in [0.1, 0.15) is 84.7 Å². The van der Waals surface area contributed by atoms with Crippen LogP contribution >= 0.6 is 0 Å². The van der Waals surface area contributed by atoms with Crippen molar-refractivity contribution in [1.82, 2.24) is 0 Å². The van der Waals surface area contributed by atoms with Gasteiger partial charge in [-0.25, -0.2) is 0 Å². The molecule has 8 rings (SSSR count). The highest BCUT2D eigenvalue weighted by Gasteiger charge is 2.62. The van der Waals surface area contributed by atoms with Gasteiger partial charge in [0.2, 0.25) is 11.6 Å². The van der Waals surface area contributed by atoms with E-state index in [1.807, 2.05) is 0 Å². The zero-order valence-corrected chi connectivity index (χ0v) is 32.9. The summed E-state index contributed by atoms with van der Waals surface area (Å²) >= 11 is 0. The first-order valence-electron chi connectivity index (χ1n) is 20.0. The molecule has 16 nitrogen and oxygen atoms in total. The number of benzene rings is 2. The number of ketones is 4. The van der Waals surface area contributed by atoms with Gasteiger partial charge in [0.15, 0.2) is 22.8 Å². The number of hydrogen-bond donors (Lipinski definition) is 10. The average molecular weight is 845 g/mol. The van der Waals surface area contributed by atoms with Crippen LogP contribution in [0.2, 0.25) is 0 Å². The summed E-state index contributed by atoms with van der Waals surface area (Å²) in [6.45, 7) is 0. The van der Waals surface area contributed by atoms with E-state index in [-0.39, 0.29) is 59.5 Å². The molecule has 16 heteroatoms. The molecule has 0 unspecified atom stereocenters. The number of carbonyl (C=O) groups is 6. The molecule has 0 aliphatic heterocycles. The molecular weight excluding hydrogens is 805 g/mol. The zero-order valence-electron chi connectivity index (χ0n) is 32.9. The van der Waals surface area contributed by atoms with Crippen LogP contribution in [0.25, 0.3) is 11.5 Å². The number of rotatable bonds is 5. The Morgan fingerprint density at radius 1 is 0.597 bits per heavy atom. The number of phenols is 2. The van der Waals surface area contributed by atoms with E-state index >= 15 is 0 Å². The number of aromatic hydroxyl groups is 2. The topological polar surface area (TPSA) is 316 Å². The van der Waals surface area contributed by atoms with E-state index < -0.39 is 117 Å². The fourth-order valence-corrected chi connectivity index (χ4v) is 10.2. The monoisotopic (exact) mass is 844 g/mol. The first kappa shape index (κ1) is 41.6. The molecule has 12 N–H and O–H groups in total. The van der Waals surface area contributed by atoms with Crippen molar-refractivity contribution in [2.45, 2.75) is 75.4 Å². The molecular formula is C46H40N2O14. The van der Waals surface area contributed by atoms with Crippen LogP contribution in [-0.4, -0.2) is 87.0 Å². The number of aliphatic hydroxyl groups excluding tert-OH is 4. The van der Waals surface area contributed by atoms with Crippen LogP contribution in [0, 0.1) is 47.4 Å². The number of hydrogen-bond acceptors (Lipinski definition) is 14. The highest BCUT2D eigenvalue weighted by atomic mass is 16.4. The molecule has 318 valence electrons. The van der Waals surface area contributed by atoms with Gasteiger partial charge in [-0.1, -0.05) is 23.7 Å². The molecule has 0 spiro atoms. The molecule has 0 radical (unpaired) electrons. The summed E-state index contributed by atoms with van der Waals surface area (Å²) < 4.78 is 0. The van der Waals surface area contributed by atoms with Crippen molar-refractivity contribution in [3.05, 3.63) is 91.5 Å². The number of fused-ring (bicyclic) bond motifs is 6. The lowest BCUT2D eigenvalue weighted by Crippen LogP contribution is -2.58. The fourth-order valence-electron chi connectivity index (χ4n) is 10.2. The maximum Gasteiger partial charge on any atom is 0.255 e. The Kier molecular flexibility index (Phi) is 9.92. The lowest BCUT2D eigenvalue weighted by molar-refractivity contribution is -0.148. The normalized spacial score (nSPS) is 27.5. The second-order valence-corrected chi connectivity index (χ2v) is 16.6. The van der Waals surface area contributed by atoms with E-state index in [4.69, 9.17) is 11.5 Å². The predicted molar refractivity (Wildman–Crippen MR) is 215 cm³/mol. The number of amides is 2. The van der Waals surface area contributed by atoms with Crippen molar-refractivity contribution in [3.63, 3.8) is 0 Å². The third-order valence-electron chi connectivity index (χ3n) is 13.2. The third-order valence-corrected chi connectivity index (χ3v) is 13.2. The predicted octanol–water partition coefficient (Wildman–Crippen LogP) is 2.12. The van der Waals surface area contributed by atoms with Crippen LogP contribution in [0.5, 0.6) is 11.5 Å². The van der Waals surface area contributed by atoms with Gasteiger partial charge in [0.1, 0.15) is 45.7 Å². The standard InChI is InChI=1S/C46H40N2O14/c47-43(59)35-29(51)17-23-13-21-15-25-19(9-11-27(49)33(25)37(53)31(21)39(55)45(23,61)41(35)57)7-5-3-1-2-4-6-8-20-10-12-28(50)34-26(20)16-22-14-24-18-30(52)36(44(48)60)42(58)46(24,62)40(56)32(22)38(34)54/h9-12,21-24,49-50,53-54,57-58,61-62H,1-4,13-18H2,(H2,47,59)(H2,48,60)/t21-,22+,23+,24-,45-,46-/m0/s1. The Bertz CT molecular complexity index is 2580. The smallest absolute Gasteiger partial charge is 0.255 e. The molecule has 6 atom stereocenters.